The summed E-state index contributed by atoms with van der Waals surface area (Å²) in [5, 5.41) is 0. The molecule has 2 aliphatic carbocycles. The lowest BCUT2D eigenvalue weighted by molar-refractivity contribution is 0.218. The Kier molecular flexibility index (Phi) is 3.91. The second kappa shape index (κ2) is 4.99. The van der Waals surface area contributed by atoms with Crippen LogP contribution in [0, 0.1) is 23.2 Å². The number of halogens is 1. The summed E-state index contributed by atoms with van der Waals surface area (Å²) < 4.78 is 1.45. The average Bonchev–Trinajstić information content (AvgIpc) is 2.50. The van der Waals surface area contributed by atoms with Crippen LogP contribution in [0.3, 0.4) is 0 Å². The van der Waals surface area contributed by atoms with E-state index in [9.17, 15) is 0 Å². The number of allylic oxidation sites excluding steroid dienone is 7. The van der Waals surface area contributed by atoms with Crippen LogP contribution in [0.2, 0.25) is 0 Å². The van der Waals surface area contributed by atoms with E-state index in [1.54, 1.807) is 0 Å². The zero-order valence-electron chi connectivity index (χ0n) is 11.8. The SMILES string of the molecule is C=C1C2C=CC(C)=CC2C(C)(C)C1C/C(I)=C\C. The molecule has 0 aromatic heterocycles. The largest absolute Gasteiger partial charge is 0.0989 e. The summed E-state index contributed by atoms with van der Waals surface area (Å²) >= 11 is 2.47. The first kappa shape index (κ1) is 14.1. The standard InChI is InChI=1S/C17H23I/c1-6-13(18)10-15-12(3)14-8-7-11(2)9-16(14)17(15,4)5/h6-9,14-16H,3,10H2,1-2,4-5H3/b13-6+. The highest BCUT2D eigenvalue weighted by Crippen LogP contribution is 2.57. The van der Waals surface area contributed by atoms with Crippen molar-refractivity contribution in [2.75, 3.05) is 0 Å². The molecule has 1 heteroatoms. The molecule has 3 unspecified atom stereocenters. The van der Waals surface area contributed by atoms with Gasteiger partial charge in [0.15, 0.2) is 0 Å². The van der Waals surface area contributed by atoms with E-state index in [4.69, 9.17) is 0 Å². The molecule has 0 spiro atoms. The summed E-state index contributed by atoms with van der Waals surface area (Å²) in [6.07, 6.45) is 10.5. The number of hydrogen-bond donors (Lipinski definition) is 0. The molecule has 0 heterocycles. The quantitative estimate of drug-likeness (QED) is 0.442. The van der Waals surface area contributed by atoms with Gasteiger partial charge in [-0.25, -0.2) is 0 Å². The van der Waals surface area contributed by atoms with Gasteiger partial charge in [-0.1, -0.05) is 55.9 Å². The maximum atomic E-state index is 4.42. The van der Waals surface area contributed by atoms with Crippen LogP contribution in [0.15, 0.2) is 45.6 Å². The minimum absolute atomic E-state index is 0.313. The Balaban J connectivity index is 2.34. The molecule has 0 nitrogen and oxygen atoms in total. The lowest BCUT2D eigenvalue weighted by atomic mass is 9.71. The second-order valence-electron chi connectivity index (χ2n) is 6.21. The van der Waals surface area contributed by atoms with Crippen molar-refractivity contribution in [1.82, 2.24) is 0 Å². The van der Waals surface area contributed by atoms with Crippen molar-refractivity contribution in [2.45, 2.75) is 34.1 Å². The molecule has 3 atom stereocenters. The van der Waals surface area contributed by atoms with Crippen molar-refractivity contribution in [1.29, 1.82) is 0 Å². The average molecular weight is 354 g/mol. The molecule has 0 aromatic carbocycles. The van der Waals surface area contributed by atoms with Gasteiger partial charge in [-0.05, 0) is 63.7 Å². The summed E-state index contributed by atoms with van der Waals surface area (Å²) in [6, 6.07) is 0. The van der Waals surface area contributed by atoms with Gasteiger partial charge in [0.2, 0.25) is 0 Å². The molecular weight excluding hydrogens is 331 g/mol. The van der Waals surface area contributed by atoms with Crippen LogP contribution in [0.25, 0.3) is 0 Å². The van der Waals surface area contributed by atoms with Crippen LogP contribution in [-0.4, -0.2) is 0 Å². The molecule has 0 amide bonds. The van der Waals surface area contributed by atoms with E-state index >= 15 is 0 Å². The molecule has 0 N–H and O–H groups in total. The van der Waals surface area contributed by atoms with Crippen LogP contribution in [0.4, 0.5) is 0 Å². The van der Waals surface area contributed by atoms with Crippen LogP contribution in [0.5, 0.6) is 0 Å². The molecule has 0 saturated heterocycles. The Hall–Kier alpha value is -0.310. The van der Waals surface area contributed by atoms with Gasteiger partial charge in [-0.3, -0.25) is 0 Å². The molecule has 2 rings (SSSR count). The van der Waals surface area contributed by atoms with E-state index in [2.05, 4.69) is 81.2 Å². The Morgan fingerprint density at radius 3 is 2.78 bits per heavy atom. The van der Waals surface area contributed by atoms with Crippen molar-refractivity contribution in [3.8, 4) is 0 Å². The van der Waals surface area contributed by atoms with E-state index in [-0.39, 0.29) is 0 Å². The fourth-order valence-corrected chi connectivity index (χ4v) is 3.94. The van der Waals surface area contributed by atoms with Crippen molar-refractivity contribution >= 4 is 22.6 Å². The number of fused-ring (bicyclic) bond motifs is 1. The molecule has 18 heavy (non-hydrogen) atoms. The van der Waals surface area contributed by atoms with E-state index in [1.165, 1.54) is 14.7 Å². The molecule has 0 radical (unpaired) electrons. The molecule has 0 aliphatic heterocycles. The summed E-state index contributed by atoms with van der Waals surface area (Å²) in [4.78, 5) is 0. The van der Waals surface area contributed by atoms with Gasteiger partial charge in [0.1, 0.15) is 0 Å². The minimum Gasteiger partial charge on any atom is -0.0989 e. The van der Waals surface area contributed by atoms with Crippen molar-refractivity contribution in [3.63, 3.8) is 0 Å². The second-order valence-corrected chi connectivity index (χ2v) is 7.60. The van der Waals surface area contributed by atoms with Crippen LogP contribution < -0.4 is 0 Å². The first-order chi connectivity index (χ1) is 8.37. The smallest absolute Gasteiger partial charge is 0.00487 e. The molecule has 98 valence electrons. The normalized spacial score (nSPS) is 34.5. The Bertz CT molecular complexity index is 448. The highest BCUT2D eigenvalue weighted by molar-refractivity contribution is 14.1. The minimum atomic E-state index is 0.313. The Morgan fingerprint density at radius 2 is 2.17 bits per heavy atom. The summed E-state index contributed by atoms with van der Waals surface area (Å²) in [5.41, 5.74) is 3.15. The lowest BCUT2D eigenvalue weighted by Crippen LogP contribution is -2.26. The maximum Gasteiger partial charge on any atom is 0.00487 e. The highest BCUT2D eigenvalue weighted by Gasteiger charge is 2.49. The first-order valence-electron chi connectivity index (χ1n) is 6.74. The zero-order chi connectivity index (χ0) is 13.5. The topological polar surface area (TPSA) is 0 Å². The third-order valence-corrected chi connectivity index (χ3v) is 5.80. The molecule has 0 aromatic rings. The summed E-state index contributed by atoms with van der Waals surface area (Å²) in [5.74, 6) is 1.78. The van der Waals surface area contributed by atoms with Gasteiger partial charge in [-0.2, -0.15) is 0 Å². The van der Waals surface area contributed by atoms with Gasteiger partial charge in [0, 0.05) is 5.92 Å². The third kappa shape index (κ3) is 2.26. The third-order valence-electron chi connectivity index (χ3n) is 4.74. The van der Waals surface area contributed by atoms with E-state index in [0.29, 0.717) is 23.2 Å². The van der Waals surface area contributed by atoms with Gasteiger partial charge >= 0.3 is 0 Å². The van der Waals surface area contributed by atoms with Gasteiger partial charge < -0.3 is 0 Å². The predicted molar refractivity (Wildman–Crippen MR) is 88.7 cm³/mol. The van der Waals surface area contributed by atoms with Crippen molar-refractivity contribution in [3.05, 3.63) is 45.6 Å². The van der Waals surface area contributed by atoms with E-state index in [1.807, 2.05) is 0 Å². The molecule has 2 aliphatic rings. The zero-order valence-corrected chi connectivity index (χ0v) is 14.0. The predicted octanol–water partition coefficient (Wildman–Crippen LogP) is 5.68. The van der Waals surface area contributed by atoms with Gasteiger partial charge in [0.05, 0.1) is 0 Å². The Morgan fingerprint density at radius 1 is 1.50 bits per heavy atom. The summed E-state index contributed by atoms with van der Waals surface area (Å²) in [6.45, 7) is 13.6. The summed E-state index contributed by atoms with van der Waals surface area (Å²) in [7, 11) is 0. The van der Waals surface area contributed by atoms with Gasteiger partial charge in [0.25, 0.3) is 0 Å². The van der Waals surface area contributed by atoms with Crippen LogP contribution >= 0.6 is 22.6 Å². The lowest BCUT2D eigenvalue weighted by Gasteiger charge is -2.33. The number of hydrogen-bond acceptors (Lipinski definition) is 0. The molecule has 0 bridgehead atoms. The molecule has 1 fully saturated rings. The molecular formula is C17H23I. The first-order valence-corrected chi connectivity index (χ1v) is 7.81. The van der Waals surface area contributed by atoms with E-state index in [0.717, 1.165) is 6.42 Å². The highest BCUT2D eigenvalue weighted by atomic mass is 127. The number of rotatable bonds is 2. The van der Waals surface area contributed by atoms with Crippen LogP contribution in [-0.2, 0) is 0 Å². The van der Waals surface area contributed by atoms with Crippen molar-refractivity contribution < 1.29 is 0 Å². The van der Waals surface area contributed by atoms with Crippen LogP contribution in [0.1, 0.15) is 34.1 Å². The fraction of sp³-hybridized carbons (Fsp3) is 0.529. The Labute approximate surface area is 125 Å². The van der Waals surface area contributed by atoms with Crippen molar-refractivity contribution in [2.24, 2.45) is 23.2 Å². The van der Waals surface area contributed by atoms with Gasteiger partial charge in [-0.15, -0.1) is 0 Å². The molecule has 1 saturated carbocycles. The fourth-order valence-electron chi connectivity index (χ4n) is 3.50. The maximum absolute atomic E-state index is 4.42. The van der Waals surface area contributed by atoms with E-state index < -0.39 is 0 Å². The monoisotopic (exact) mass is 354 g/mol.